The van der Waals surface area contributed by atoms with Crippen LogP contribution in [0.4, 0.5) is 5.13 Å². The number of thiazole rings is 2. The summed E-state index contributed by atoms with van der Waals surface area (Å²) >= 11 is 3.12. The summed E-state index contributed by atoms with van der Waals surface area (Å²) in [6.45, 7) is 0.865. The number of rotatable bonds is 3. The average Bonchev–Trinajstić information content (AvgIpc) is 2.72. The van der Waals surface area contributed by atoms with Gasteiger partial charge in [-0.2, -0.15) is 0 Å². The molecule has 0 amide bonds. The lowest BCUT2D eigenvalue weighted by molar-refractivity contribution is 0.401. The highest BCUT2D eigenvalue weighted by atomic mass is 32.1. The monoisotopic (exact) mass is 240 g/mol. The first-order valence-electron chi connectivity index (χ1n) is 4.46. The Hall–Kier alpha value is -0.980. The highest BCUT2D eigenvalue weighted by molar-refractivity contribution is 7.16. The number of hydrogen-bond donors (Lipinski definition) is 1. The second-order valence-electron chi connectivity index (χ2n) is 3.43. The summed E-state index contributed by atoms with van der Waals surface area (Å²) in [7, 11) is 4.06. The smallest absolute Gasteiger partial charge is 0.180 e. The summed E-state index contributed by atoms with van der Waals surface area (Å²) in [5.41, 5.74) is 6.52. The Bertz CT molecular complexity index is 446. The summed E-state index contributed by atoms with van der Waals surface area (Å²) in [5.74, 6) is 0. The highest BCUT2D eigenvalue weighted by Crippen LogP contribution is 2.28. The topological polar surface area (TPSA) is 55.0 Å². The molecule has 0 radical (unpaired) electrons. The fourth-order valence-corrected chi connectivity index (χ4v) is 2.81. The van der Waals surface area contributed by atoms with Crippen molar-refractivity contribution in [3.05, 3.63) is 16.6 Å². The molecular formula is C9H12N4S2. The van der Waals surface area contributed by atoms with Crippen molar-refractivity contribution in [1.29, 1.82) is 0 Å². The Balaban J connectivity index is 2.20. The molecule has 15 heavy (non-hydrogen) atoms. The van der Waals surface area contributed by atoms with E-state index in [-0.39, 0.29) is 0 Å². The van der Waals surface area contributed by atoms with Crippen LogP contribution in [-0.4, -0.2) is 29.0 Å². The summed E-state index contributed by atoms with van der Waals surface area (Å²) < 4.78 is 0. The van der Waals surface area contributed by atoms with Crippen LogP contribution in [0.15, 0.2) is 11.6 Å². The predicted molar refractivity (Wildman–Crippen MR) is 65.0 cm³/mol. The van der Waals surface area contributed by atoms with Gasteiger partial charge >= 0.3 is 0 Å². The van der Waals surface area contributed by atoms with Crippen molar-refractivity contribution in [3.8, 4) is 10.6 Å². The third-order valence-corrected chi connectivity index (χ3v) is 3.46. The zero-order valence-corrected chi connectivity index (χ0v) is 10.2. The van der Waals surface area contributed by atoms with E-state index in [1.165, 1.54) is 11.3 Å². The summed E-state index contributed by atoms with van der Waals surface area (Å²) in [6, 6.07) is 0. The summed E-state index contributed by atoms with van der Waals surface area (Å²) in [6.07, 6.45) is 1.86. The third kappa shape index (κ3) is 2.53. The van der Waals surface area contributed by atoms with E-state index in [1.807, 2.05) is 25.7 Å². The largest absolute Gasteiger partial charge is 0.375 e. The second-order valence-corrected chi connectivity index (χ2v) is 5.43. The lowest BCUT2D eigenvalue weighted by Crippen LogP contribution is -2.09. The van der Waals surface area contributed by atoms with E-state index in [1.54, 1.807) is 11.3 Å². The number of aromatic nitrogens is 2. The first kappa shape index (κ1) is 10.5. The Labute approximate surface area is 96.4 Å². The molecule has 0 saturated heterocycles. The van der Waals surface area contributed by atoms with Gasteiger partial charge in [0.15, 0.2) is 5.13 Å². The summed E-state index contributed by atoms with van der Waals surface area (Å²) in [4.78, 5) is 11.7. The lowest BCUT2D eigenvalue weighted by Gasteiger charge is -2.04. The molecule has 0 aliphatic heterocycles. The summed E-state index contributed by atoms with van der Waals surface area (Å²) in [5, 5.41) is 3.66. The molecule has 80 valence electrons. The van der Waals surface area contributed by atoms with Crippen LogP contribution < -0.4 is 5.73 Å². The molecule has 0 aliphatic carbocycles. The second kappa shape index (κ2) is 4.26. The van der Waals surface area contributed by atoms with Crippen LogP contribution in [0.2, 0.25) is 0 Å². The van der Waals surface area contributed by atoms with E-state index in [0.717, 1.165) is 22.1 Å². The van der Waals surface area contributed by atoms with Crippen molar-refractivity contribution in [2.24, 2.45) is 0 Å². The van der Waals surface area contributed by atoms with Crippen LogP contribution in [-0.2, 0) is 6.54 Å². The lowest BCUT2D eigenvalue weighted by atomic mass is 10.4. The molecule has 0 saturated carbocycles. The van der Waals surface area contributed by atoms with Crippen molar-refractivity contribution in [1.82, 2.24) is 14.9 Å². The van der Waals surface area contributed by atoms with Crippen molar-refractivity contribution < 1.29 is 0 Å². The molecule has 0 bridgehead atoms. The molecule has 2 heterocycles. The molecule has 6 heteroatoms. The van der Waals surface area contributed by atoms with Crippen LogP contribution in [0.25, 0.3) is 10.6 Å². The first-order chi connectivity index (χ1) is 7.15. The van der Waals surface area contributed by atoms with Gasteiger partial charge < -0.3 is 10.6 Å². The van der Waals surface area contributed by atoms with Crippen molar-refractivity contribution in [2.75, 3.05) is 19.8 Å². The SMILES string of the molecule is CN(C)Cc1ncc(-c2csc(N)n2)s1. The minimum atomic E-state index is 0.604. The fraction of sp³-hybridized carbons (Fsp3) is 0.333. The Morgan fingerprint density at radius 1 is 1.47 bits per heavy atom. The van der Waals surface area contributed by atoms with Gasteiger partial charge in [0.25, 0.3) is 0 Å². The van der Waals surface area contributed by atoms with E-state index in [2.05, 4.69) is 14.9 Å². The van der Waals surface area contributed by atoms with E-state index in [0.29, 0.717) is 5.13 Å². The molecule has 2 rings (SSSR count). The predicted octanol–water partition coefficient (Wildman–Crippen LogP) is 1.91. The quantitative estimate of drug-likeness (QED) is 0.890. The van der Waals surface area contributed by atoms with Crippen LogP contribution >= 0.6 is 22.7 Å². The van der Waals surface area contributed by atoms with Gasteiger partial charge in [0.2, 0.25) is 0 Å². The van der Waals surface area contributed by atoms with Gasteiger partial charge in [0.1, 0.15) is 5.01 Å². The molecule has 4 nitrogen and oxygen atoms in total. The van der Waals surface area contributed by atoms with Crippen LogP contribution in [0.1, 0.15) is 5.01 Å². The van der Waals surface area contributed by atoms with Gasteiger partial charge in [-0.15, -0.1) is 22.7 Å². The normalized spacial score (nSPS) is 11.1. The maximum Gasteiger partial charge on any atom is 0.180 e. The number of nitrogens with zero attached hydrogens (tertiary/aromatic N) is 3. The molecule has 0 atom stereocenters. The zero-order valence-electron chi connectivity index (χ0n) is 8.60. The number of nitrogen functional groups attached to an aromatic ring is 1. The van der Waals surface area contributed by atoms with Gasteiger partial charge in [0, 0.05) is 18.1 Å². The molecule has 0 unspecified atom stereocenters. The highest BCUT2D eigenvalue weighted by Gasteiger charge is 2.07. The third-order valence-electron chi connectivity index (χ3n) is 1.78. The average molecular weight is 240 g/mol. The zero-order chi connectivity index (χ0) is 10.8. The number of anilines is 1. The number of hydrogen-bond acceptors (Lipinski definition) is 6. The van der Waals surface area contributed by atoms with Gasteiger partial charge in [-0.25, -0.2) is 9.97 Å². The molecule has 2 aromatic rings. The fourth-order valence-electron chi connectivity index (χ4n) is 1.17. The maximum absolute atomic E-state index is 5.59. The minimum Gasteiger partial charge on any atom is -0.375 e. The van der Waals surface area contributed by atoms with Crippen LogP contribution in [0.5, 0.6) is 0 Å². The Kier molecular flexibility index (Phi) is 2.99. The molecule has 0 aliphatic rings. The van der Waals surface area contributed by atoms with Gasteiger partial charge in [-0.1, -0.05) is 0 Å². The van der Waals surface area contributed by atoms with Gasteiger partial charge in [-0.3, -0.25) is 0 Å². The van der Waals surface area contributed by atoms with Crippen LogP contribution in [0, 0.1) is 0 Å². The molecule has 0 aromatic carbocycles. The van der Waals surface area contributed by atoms with Crippen LogP contribution in [0.3, 0.4) is 0 Å². The Morgan fingerprint density at radius 2 is 2.27 bits per heavy atom. The van der Waals surface area contributed by atoms with E-state index in [4.69, 9.17) is 5.73 Å². The van der Waals surface area contributed by atoms with E-state index < -0.39 is 0 Å². The van der Waals surface area contributed by atoms with Crippen molar-refractivity contribution >= 4 is 27.8 Å². The van der Waals surface area contributed by atoms with Crippen molar-refractivity contribution in [3.63, 3.8) is 0 Å². The molecular weight excluding hydrogens is 228 g/mol. The first-order valence-corrected chi connectivity index (χ1v) is 6.15. The molecule has 0 fully saturated rings. The molecule has 0 spiro atoms. The molecule has 2 N–H and O–H groups in total. The van der Waals surface area contributed by atoms with E-state index in [9.17, 15) is 0 Å². The van der Waals surface area contributed by atoms with Gasteiger partial charge in [-0.05, 0) is 14.1 Å². The van der Waals surface area contributed by atoms with Gasteiger partial charge in [0.05, 0.1) is 10.6 Å². The maximum atomic E-state index is 5.59. The number of nitrogens with two attached hydrogens (primary N) is 1. The van der Waals surface area contributed by atoms with Crippen molar-refractivity contribution in [2.45, 2.75) is 6.54 Å². The standard InChI is InChI=1S/C9H12N4S2/c1-13(2)4-8-11-3-7(15-8)6-5-14-9(10)12-6/h3,5H,4H2,1-2H3,(H2,10,12). The molecule has 2 aromatic heterocycles. The van der Waals surface area contributed by atoms with E-state index >= 15 is 0 Å². The Morgan fingerprint density at radius 3 is 2.87 bits per heavy atom. The minimum absolute atomic E-state index is 0.604.